The summed E-state index contributed by atoms with van der Waals surface area (Å²) in [5.74, 6) is 4.76. The molecule has 1 atom stereocenters. The van der Waals surface area contributed by atoms with Crippen molar-refractivity contribution in [2.24, 2.45) is 21.9 Å². The highest BCUT2D eigenvalue weighted by Crippen LogP contribution is 1.98. The van der Waals surface area contributed by atoms with Crippen molar-refractivity contribution < 1.29 is 5.11 Å². The van der Waals surface area contributed by atoms with Crippen LogP contribution >= 0.6 is 0 Å². The molecule has 0 aromatic rings. The van der Waals surface area contributed by atoms with Crippen LogP contribution < -0.4 is 16.9 Å². The zero-order chi connectivity index (χ0) is 9.40. The predicted octanol–water partition coefficient (Wildman–Crippen LogP) is -0.699. The molecule has 0 aliphatic rings. The van der Waals surface area contributed by atoms with Crippen LogP contribution in [0.25, 0.3) is 0 Å². The van der Waals surface area contributed by atoms with Crippen LogP contribution in [0.2, 0.25) is 0 Å². The molecular weight excluding hydrogens is 158 g/mol. The minimum Gasteiger partial charge on any atom is -0.511 e. The molecule has 12 heavy (non-hydrogen) atoms. The van der Waals surface area contributed by atoms with E-state index in [-0.39, 0.29) is 5.76 Å². The smallest absolute Gasteiger partial charge is 0.141 e. The zero-order valence-electron chi connectivity index (χ0n) is 6.90. The number of aliphatic hydroxyl groups is 1. The van der Waals surface area contributed by atoms with Crippen LogP contribution in [0.4, 0.5) is 0 Å². The fraction of sp³-hybridized carbons (Fsp3) is 0.667. The maximum Gasteiger partial charge on any atom is 0.141 e. The molecule has 70 valence electrons. The Morgan fingerprint density at radius 1 is 1.67 bits per heavy atom. The Bertz CT molecular complexity index is 158. The Kier molecular flexibility index (Phi) is 5.94. The van der Waals surface area contributed by atoms with Gasteiger partial charge in [-0.2, -0.15) is 5.11 Å². The quantitative estimate of drug-likeness (QED) is 0.140. The molecule has 0 saturated carbocycles. The zero-order valence-corrected chi connectivity index (χ0v) is 6.90. The van der Waals surface area contributed by atoms with E-state index in [1.807, 2.05) is 0 Å². The average molecular weight is 173 g/mol. The summed E-state index contributed by atoms with van der Waals surface area (Å²) in [7, 11) is 0. The van der Waals surface area contributed by atoms with Gasteiger partial charge in [-0.05, 0) is 0 Å². The first-order chi connectivity index (χ1) is 5.72. The van der Waals surface area contributed by atoms with E-state index in [1.165, 1.54) is 0 Å². The Morgan fingerprint density at radius 3 is 2.75 bits per heavy atom. The van der Waals surface area contributed by atoms with Crippen LogP contribution in [-0.4, -0.2) is 30.8 Å². The molecule has 0 fully saturated rings. The van der Waals surface area contributed by atoms with E-state index in [0.717, 1.165) is 0 Å². The van der Waals surface area contributed by atoms with Crippen LogP contribution in [0.5, 0.6) is 0 Å². The molecule has 0 rings (SSSR count). The van der Waals surface area contributed by atoms with E-state index in [2.05, 4.69) is 22.2 Å². The van der Waals surface area contributed by atoms with Gasteiger partial charge >= 0.3 is 0 Å². The first-order valence-electron chi connectivity index (χ1n) is 3.61. The summed E-state index contributed by atoms with van der Waals surface area (Å²) in [6, 6.07) is -0.485. The van der Waals surface area contributed by atoms with Gasteiger partial charge in [-0.1, -0.05) is 11.8 Å². The second-order valence-corrected chi connectivity index (χ2v) is 2.23. The molecule has 0 bridgehead atoms. The van der Waals surface area contributed by atoms with Gasteiger partial charge in [-0.3, -0.25) is 0 Å². The summed E-state index contributed by atoms with van der Waals surface area (Å²) in [6.07, 6.45) is 0. The first-order valence-corrected chi connectivity index (χ1v) is 3.61. The number of hydrogen-bond donors (Lipinski definition) is 4. The summed E-state index contributed by atoms with van der Waals surface area (Å²) in [5.41, 5.74) is 5.24. The number of aliphatic hydroxyl groups excluding tert-OH is 1. The van der Waals surface area contributed by atoms with E-state index in [1.54, 1.807) is 0 Å². The number of hydrogen-bond acceptors (Lipinski definition) is 5. The summed E-state index contributed by atoms with van der Waals surface area (Å²) in [4.78, 5) is 0. The number of nitrogens with one attached hydrogen (secondary N) is 1. The van der Waals surface area contributed by atoms with Gasteiger partial charge in [-0.25, -0.2) is 0 Å². The van der Waals surface area contributed by atoms with E-state index < -0.39 is 6.04 Å². The second kappa shape index (κ2) is 6.56. The van der Waals surface area contributed by atoms with Crippen LogP contribution in [-0.2, 0) is 0 Å². The van der Waals surface area contributed by atoms with E-state index in [9.17, 15) is 0 Å². The summed E-state index contributed by atoms with van der Waals surface area (Å²) in [6.45, 7) is 4.95. The van der Waals surface area contributed by atoms with Crippen molar-refractivity contribution in [3.63, 3.8) is 0 Å². The highest BCUT2D eigenvalue weighted by atomic mass is 16.3. The minimum absolute atomic E-state index is 0.0614. The van der Waals surface area contributed by atoms with Gasteiger partial charge in [0.2, 0.25) is 0 Å². The number of rotatable bonds is 6. The van der Waals surface area contributed by atoms with E-state index in [4.69, 9.17) is 16.7 Å². The summed E-state index contributed by atoms with van der Waals surface area (Å²) < 4.78 is 0. The van der Waals surface area contributed by atoms with E-state index in [0.29, 0.717) is 19.6 Å². The van der Waals surface area contributed by atoms with Crippen LogP contribution in [0.15, 0.2) is 22.7 Å². The van der Waals surface area contributed by atoms with Gasteiger partial charge in [0.25, 0.3) is 0 Å². The Balaban J connectivity index is 3.72. The molecule has 6 nitrogen and oxygen atoms in total. The molecule has 0 heterocycles. The lowest BCUT2D eigenvalue weighted by atomic mass is 10.3. The number of nitrogens with zero attached hydrogens (tertiary/aromatic N) is 2. The minimum atomic E-state index is -0.485. The molecule has 6 heteroatoms. The third-order valence-corrected chi connectivity index (χ3v) is 1.25. The number of nitrogens with two attached hydrogens (primary N) is 2. The SMILES string of the molecule is C=C(O)[C@@H](CNCCN)N=NN. The molecule has 0 aliphatic heterocycles. The van der Waals surface area contributed by atoms with Gasteiger partial charge < -0.3 is 22.0 Å². The molecule has 0 radical (unpaired) electrons. The second-order valence-electron chi connectivity index (χ2n) is 2.23. The van der Waals surface area contributed by atoms with E-state index >= 15 is 0 Å². The van der Waals surface area contributed by atoms with Crippen molar-refractivity contribution in [1.82, 2.24) is 5.32 Å². The fourth-order valence-electron chi connectivity index (χ4n) is 0.647. The lowest BCUT2D eigenvalue weighted by Crippen LogP contribution is -2.30. The summed E-state index contributed by atoms with van der Waals surface area (Å²) >= 11 is 0. The average Bonchev–Trinajstić information content (AvgIpc) is 2.03. The molecule has 0 saturated heterocycles. The standard InChI is InChI=1S/C6H15N5O/c1-5(12)6(10-11-8)4-9-3-2-7/h6,9,12H,1-4,7H2,(H2,8,10)/t6-/m1/s1. The molecule has 0 amide bonds. The molecule has 0 aromatic carbocycles. The van der Waals surface area contributed by atoms with Gasteiger partial charge in [0, 0.05) is 19.6 Å². The van der Waals surface area contributed by atoms with Gasteiger partial charge in [0.1, 0.15) is 11.8 Å². The normalized spacial score (nSPS) is 13.4. The molecule has 0 aliphatic carbocycles. The fourth-order valence-corrected chi connectivity index (χ4v) is 0.647. The third-order valence-electron chi connectivity index (χ3n) is 1.25. The Morgan fingerprint density at radius 2 is 2.33 bits per heavy atom. The van der Waals surface area contributed by atoms with Crippen molar-refractivity contribution >= 4 is 0 Å². The highest BCUT2D eigenvalue weighted by Gasteiger charge is 2.08. The monoisotopic (exact) mass is 173 g/mol. The molecule has 0 aromatic heterocycles. The van der Waals surface area contributed by atoms with Crippen LogP contribution in [0.1, 0.15) is 0 Å². The molecule has 6 N–H and O–H groups in total. The topological polar surface area (TPSA) is 109 Å². The lowest BCUT2D eigenvalue weighted by molar-refractivity contribution is 0.359. The van der Waals surface area contributed by atoms with Crippen molar-refractivity contribution in [3.8, 4) is 0 Å². The third kappa shape index (κ3) is 4.64. The Labute approximate surface area is 71.3 Å². The van der Waals surface area contributed by atoms with Gasteiger partial charge in [0.15, 0.2) is 0 Å². The van der Waals surface area contributed by atoms with Crippen LogP contribution in [0, 0.1) is 0 Å². The molecule has 0 unspecified atom stereocenters. The van der Waals surface area contributed by atoms with Crippen molar-refractivity contribution in [3.05, 3.63) is 12.3 Å². The molecule has 0 spiro atoms. The van der Waals surface area contributed by atoms with Gasteiger partial charge in [-0.15, -0.1) is 0 Å². The van der Waals surface area contributed by atoms with Crippen molar-refractivity contribution in [2.75, 3.05) is 19.6 Å². The maximum absolute atomic E-state index is 8.97. The van der Waals surface area contributed by atoms with Crippen molar-refractivity contribution in [2.45, 2.75) is 6.04 Å². The largest absolute Gasteiger partial charge is 0.511 e. The van der Waals surface area contributed by atoms with Gasteiger partial charge in [0.05, 0.1) is 0 Å². The highest BCUT2D eigenvalue weighted by molar-refractivity contribution is 4.95. The predicted molar refractivity (Wildman–Crippen MR) is 46.5 cm³/mol. The van der Waals surface area contributed by atoms with Crippen molar-refractivity contribution in [1.29, 1.82) is 0 Å². The molecular formula is C6H15N5O. The maximum atomic E-state index is 8.97. The van der Waals surface area contributed by atoms with Crippen LogP contribution in [0.3, 0.4) is 0 Å². The summed E-state index contributed by atoms with van der Waals surface area (Å²) in [5, 5.41) is 18.5. The first kappa shape index (κ1) is 10.9. The lowest BCUT2D eigenvalue weighted by Gasteiger charge is -2.09. The Hall–Kier alpha value is -1.14.